The van der Waals surface area contributed by atoms with Gasteiger partial charge < -0.3 is 4.57 Å². The maximum atomic E-state index is 5.07. The van der Waals surface area contributed by atoms with Crippen molar-refractivity contribution in [2.24, 2.45) is 0 Å². The molecular formula is C40H27N3S. The van der Waals surface area contributed by atoms with Crippen LogP contribution < -0.4 is 0 Å². The number of hydrogen-bond donors (Lipinski definition) is 0. The molecule has 3 nitrogen and oxygen atoms in total. The number of allylic oxidation sites excluding steroid dienone is 4. The Bertz CT molecular complexity index is 2430. The molecule has 0 saturated heterocycles. The van der Waals surface area contributed by atoms with E-state index in [4.69, 9.17) is 9.97 Å². The minimum absolute atomic E-state index is 0.738. The minimum atomic E-state index is 0.738. The number of fused-ring (bicyclic) bond motifs is 7. The van der Waals surface area contributed by atoms with Crippen LogP contribution in [0.4, 0.5) is 0 Å². The number of hydrogen-bond acceptors (Lipinski definition) is 3. The molecule has 0 spiro atoms. The Labute approximate surface area is 259 Å². The van der Waals surface area contributed by atoms with Crippen LogP contribution in [0.2, 0.25) is 0 Å². The van der Waals surface area contributed by atoms with Crippen LogP contribution in [0.3, 0.4) is 0 Å². The van der Waals surface area contributed by atoms with Gasteiger partial charge in [0.15, 0.2) is 5.82 Å². The third-order valence-corrected chi connectivity index (χ3v) is 9.84. The van der Waals surface area contributed by atoms with Crippen LogP contribution >= 0.6 is 11.3 Å². The summed E-state index contributed by atoms with van der Waals surface area (Å²) >= 11 is 1.88. The van der Waals surface area contributed by atoms with Crippen LogP contribution in [0.15, 0.2) is 140 Å². The molecule has 0 aliphatic heterocycles. The van der Waals surface area contributed by atoms with E-state index in [0.29, 0.717) is 0 Å². The summed E-state index contributed by atoms with van der Waals surface area (Å²) in [6, 6.07) is 43.3. The summed E-state index contributed by atoms with van der Waals surface area (Å²) in [5.41, 5.74) is 8.74. The zero-order valence-corrected chi connectivity index (χ0v) is 24.8. The summed E-state index contributed by atoms with van der Waals surface area (Å²) in [4.78, 5) is 10.1. The van der Waals surface area contributed by atoms with Gasteiger partial charge in [0.1, 0.15) is 0 Å². The van der Waals surface area contributed by atoms with Gasteiger partial charge in [-0.2, -0.15) is 0 Å². The highest BCUT2D eigenvalue weighted by Crippen LogP contribution is 2.43. The first-order valence-corrected chi connectivity index (χ1v) is 15.9. The van der Waals surface area contributed by atoms with Crippen molar-refractivity contribution in [1.29, 1.82) is 0 Å². The molecule has 0 unspecified atom stereocenters. The molecule has 0 atom stereocenters. The van der Waals surface area contributed by atoms with Crippen molar-refractivity contribution in [3.63, 3.8) is 0 Å². The van der Waals surface area contributed by atoms with E-state index in [1.165, 1.54) is 42.0 Å². The second-order valence-corrected chi connectivity index (χ2v) is 12.4. The molecule has 0 amide bonds. The Morgan fingerprint density at radius 3 is 2.18 bits per heavy atom. The number of benzene rings is 5. The van der Waals surface area contributed by atoms with E-state index in [1.54, 1.807) is 0 Å². The second-order valence-electron chi connectivity index (χ2n) is 11.3. The van der Waals surface area contributed by atoms with Crippen molar-refractivity contribution in [2.45, 2.75) is 12.8 Å². The molecule has 1 aliphatic carbocycles. The van der Waals surface area contributed by atoms with Gasteiger partial charge in [-0.15, -0.1) is 11.3 Å². The molecule has 4 heteroatoms. The number of thiophene rings is 1. The van der Waals surface area contributed by atoms with E-state index >= 15 is 0 Å². The van der Waals surface area contributed by atoms with Gasteiger partial charge in [-0.05, 0) is 60.9 Å². The third kappa shape index (κ3) is 4.03. The maximum Gasteiger partial charge on any atom is 0.160 e. The molecule has 8 aromatic rings. The van der Waals surface area contributed by atoms with Crippen molar-refractivity contribution >= 4 is 58.9 Å². The third-order valence-electron chi connectivity index (χ3n) is 8.65. The molecule has 0 radical (unpaired) electrons. The number of rotatable bonds is 4. The largest absolute Gasteiger partial charge is 0.308 e. The van der Waals surface area contributed by atoms with Crippen LogP contribution in [0.5, 0.6) is 0 Å². The topological polar surface area (TPSA) is 30.7 Å². The fourth-order valence-electron chi connectivity index (χ4n) is 6.54. The van der Waals surface area contributed by atoms with Crippen molar-refractivity contribution < 1.29 is 0 Å². The summed E-state index contributed by atoms with van der Waals surface area (Å²) in [5.74, 6) is 0.738. The Morgan fingerprint density at radius 2 is 1.34 bits per heavy atom. The van der Waals surface area contributed by atoms with E-state index in [1.807, 2.05) is 17.4 Å². The summed E-state index contributed by atoms with van der Waals surface area (Å²) in [7, 11) is 0. The zero-order valence-electron chi connectivity index (χ0n) is 23.9. The summed E-state index contributed by atoms with van der Waals surface area (Å²) in [6.07, 6.45) is 8.80. The van der Waals surface area contributed by atoms with Crippen LogP contribution in [-0.2, 0) is 0 Å². The van der Waals surface area contributed by atoms with E-state index in [0.717, 1.165) is 52.4 Å². The molecule has 208 valence electrons. The second kappa shape index (κ2) is 10.1. The van der Waals surface area contributed by atoms with E-state index in [2.05, 4.69) is 138 Å². The van der Waals surface area contributed by atoms with Gasteiger partial charge in [-0.25, -0.2) is 9.97 Å². The average Bonchev–Trinajstić information content (AvgIpc) is 3.65. The van der Waals surface area contributed by atoms with E-state index in [9.17, 15) is 0 Å². The maximum absolute atomic E-state index is 5.07. The fourth-order valence-corrected chi connectivity index (χ4v) is 7.78. The molecule has 0 N–H and O–H groups in total. The first kappa shape index (κ1) is 25.2. The summed E-state index contributed by atoms with van der Waals surface area (Å²) in [5, 5.41) is 5.17. The Kier molecular flexibility index (Phi) is 5.81. The fraction of sp³-hybridized carbons (Fsp3) is 0.0500. The first-order chi connectivity index (χ1) is 21.8. The minimum Gasteiger partial charge on any atom is -0.308 e. The Morgan fingerprint density at radius 1 is 0.591 bits per heavy atom. The van der Waals surface area contributed by atoms with Gasteiger partial charge in [0.25, 0.3) is 0 Å². The number of para-hydroxylation sites is 1. The molecule has 5 aromatic carbocycles. The van der Waals surface area contributed by atoms with Gasteiger partial charge in [0.05, 0.1) is 27.1 Å². The van der Waals surface area contributed by atoms with Gasteiger partial charge in [-0.3, -0.25) is 0 Å². The van der Waals surface area contributed by atoms with Gasteiger partial charge in [0, 0.05) is 43.1 Å². The van der Waals surface area contributed by atoms with Gasteiger partial charge >= 0.3 is 0 Å². The average molecular weight is 582 g/mol. The van der Waals surface area contributed by atoms with Crippen molar-refractivity contribution in [3.05, 3.63) is 145 Å². The highest BCUT2D eigenvalue weighted by atomic mass is 32.1. The van der Waals surface area contributed by atoms with Crippen LogP contribution in [0.25, 0.3) is 75.9 Å². The van der Waals surface area contributed by atoms with Crippen molar-refractivity contribution in [1.82, 2.24) is 14.5 Å². The van der Waals surface area contributed by atoms with Crippen LogP contribution in [0.1, 0.15) is 18.5 Å². The predicted octanol–water partition coefficient (Wildman–Crippen LogP) is 11.0. The zero-order chi connectivity index (χ0) is 29.0. The van der Waals surface area contributed by atoms with Crippen LogP contribution in [0, 0.1) is 0 Å². The van der Waals surface area contributed by atoms with Crippen molar-refractivity contribution in [3.8, 4) is 28.3 Å². The monoisotopic (exact) mass is 581 g/mol. The lowest BCUT2D eigenvalue weighted by molar-refractivity contribution is 1.03. The predicted molar refractivity (Wildman–Crippen MR) is 186 cm³/mol. The SMILES string of the molecule is C1=CC(c2cc(-c3ccccc3)nc(-c3ccc(-n4c5ccccc5c5ccc6c7ccccc7sc6c54)cc3)n2)=CCC1. The number of nitrogens with zero attached hydrogens (tertiary/aromatic N) is 3. The van der Waals surface area contributed by atoms with E-state index < -0.39 is 0 Å². The Hall–Kier alpha value is -5.32. The standard InChI is InChI=1S/C40H27N3S/c1-3-11-26(12-4-1)34-25-35(27-13-5-2-6-14-27)42-40(41-34)28-19-21-29(22-20-28)43-36-17-9-7-15-30(36)32-23-24-33-31-16-8-10-18-37(31)44-39(33)38(32)43/h1,3-5,7-25H,2,6H2. The van der Waals surface area contributed by atoms with Crippen molar-refractivity contribution in [2.75, 3.05) is 0 Å². The quantitative estimate of drug-likeness (QED) is 0.207. The molecule has 0 fully saturated rings. The summed E-state index contributed by atoms with van der Waals surface area (Å²) < 4.78 is 5.06. The Balaban J connectivity index is 1.23. The number of aromatic nitrogens is 3. The highest BCUT2D eigenvalue weighted by Gasteiger charge is 2.18. The van der Waals surface area contributed by atoms with Gasteiger partial charge in [0.2, 0.25) is 0 Å². The molecule has 9 rings (SSSR count). The lowest BCUT2D eigenvalue weighted by Gasteiger charge is -2.12. The first-order valence-electron chi connectivity index (χ1n) is 15.1. The summed E-state index contributed by atoms with van der Waals surface area (Å²) in [6.45, 7) is 0. The molecule has 0 bridgehead atoms. The molecule has 1 aliphatic rings. The highest BCUT2D eigenvalue weighted by molar-refractivity contribution is 7.26. The van der Waals surface area contributed by atoms with Crippen LogP contribution in [-0.4, -0.2) is 14.5 Å². The van der Waals surface area contributed by atoms with Gasteiger partial charge in [-0.1, -0.05) is 97.1 Å². The lowest BCUT2D eigenvalue weighted by Crippen LogP contribution is -1.99. The molecule has 3 heterocycles. The van der Waals surface area contributed by atoms with E-state index in [-0.39, 0.29) is 0 Å². The molecular weight excluding hydrogens is 555 g/mol. The molecule has 44 heavy (non-hydrogen) atoms. The molecule has 3 aromatic heterocycles. The molecule has 0 saturated carbocycles. The lowest BCUT2D eigenvalue weighted by atomic mass is 10.0. The smallest absolute Gasteiger partial charge is 0.160 e. The normalized spacial score (nSPS) is 13.3.